The van der Waals surface area contributed by atoms with Crippen molar-refractivity contribution in [3.63, 3.8) is 0 Å². The summed E-state index contributed by atoms with van der Waals surface area (Å²) in [5.41, 5.74) is -2.20. The molecule has 29 heavy (non-hydrogen) atoms. The maximum absolute atomic E-state index is 12.0. The van der Waals surface area contributed by atoms with E-state index in [9.17, 15) is 14.4 Å². The highest BCUT2D eigenvalue weighted by Gasteiger charge is 2.20. The molecule has 0 aliphatic rings. The Kier molecular flexibility index (Phi) is 5.09. The third-order valence-electron chi connectivity index (χ3n) is 3.90. The SMILES string of the molecule is CC(C)(C)c1cc(Oc2ccc(-n3nc(C#N)c(=O)[nH]c3=O)cc2Cl)n[nH]c1=O. The molecule has 0 bridgehead atoms. The van der Waals surface area contributed by atoms with Crippen LogP contribution in [0.15, 0.2) is 38.6 Å². The minimum absolute atomic E-state index is 0.117. The zero-order chi connectivity index (χ0) is 21.3. The number of ether oxygens (including phenoxy) is 1. The van der Waals surface area contributed by atoms with Crippen LogP contribution in [0.25, 0.3) is 5.69 Å². The predicted octanol–water partition coefficient (Wildman–Crippen LogP) is 1.62. The summed E-state index contributed by atoms with van der Waals surface area (Å²) in [5.74, 6) is 0.350. The van der Waals surface area contributed by atoms with Gasteiger partial charge in [-0.2, -0.15) is 9.94 Å². The normalized spacial score (nSPS) is 11.1. The molecule has 0 atom stereocenters. The molecular weight excluding hydrogens is 400 g/mol. The van der Waals surface area contributed by atoms with Gasteiger partial charge in [-0.15, -0.1) is 10.2 Å². The van der Waals surface area contributed by atoms with Crippen molar-refractivity contribution in [1.29, 1.82) is 5.26 Å². The van der Waals surface area contributed by atoms with E-state index in [1.54, 1.807) is 6.07 Å². The summed E-state index contributed by atoms with van der Waals surface area (Å²) in [6, 6.07) is 7.43. The topological polar surface area (TPSA) is 147 Å². The Balaban J connectivity index is 1.98. The van der Waals surface area contributed by atoms with E-state index in [2.05, 4.69) is 15.3 Å². The van der Waals surface area contributed by atoms with Crippen LogP contribution in [0.5, 0.6) is 11.6 Å². The molecule has 0 unspecified atom stereocenters. The molecule has 0 spiro atoms. The number of halogens is 1. The Morgan fingerprint density at radius 3 is 2.52 bits per heavy atom. The van der Waals surface area contributed by atoms with Crippen LogP contribution in [-0.2, 0) is 5.41 Å². The van der Waals surface area contributed by atoms with Crippen molar-refractivity contribution >= 4 is 11.6 Å². The summed E-state index contributed by atoms with van der Waals surface area (Å²) in [6.45, 7) is 5.65. The number of aromatic amines is 2. The standard InChI is InChI=1S/C18H15ClN6O4/c1-18(2,3)10-7-14(22-23-15(10)26)29-13-5-4-9(6-11(13)19)25-17(28)21-16(27)12(8-20)24-25/h4-7H,1-3H3,(H,23,26)(H,21,27,28). The highest BCUT2D eigenvalue weighted by atomic mass is 35.5. The molecular formula is C18H15ClN6O4. The molecule has 2 heterocycles. The molecule has 3 rings (SSSR count). The van der Waals surface area contributed by atoms with Gasteiger partial charge in [0, 0.05) is 11.6 Å². The van der Waals surface area contributed by atoms with Crippen molar-refractivity contribution in [1.82, 2.24) is 25.0 Å². The summed E-state index contributed by atoms with van der Waals surface area (Å²) >= 11 is 6.24. The van der Waals surface area contributed by atoms with Gasteiger partial charge >= 0.3 is 5.69 Å². The van der Waals surface area contributed by atoms with E-state index in [4.69, 9.17) is 21.6 Å². The molecule has 11 heteroatoms. The summed E-state index contributed by atoms with van der Waals surface area (Å²) < 4.78 is 6.49. The molecule has 0 saturated heterocycles. The van der Waals surface area contributed by atoms with Gasteiger partial charge in [0.2, 0.25) is 11.6 Å². The Labute approximate surface area is 168 Å². The maximum Gasteiger partial charge on any atom is 0.349 e. The average molecular weight is 415 g/mol. The molecule has 0 amide bonds. The first-order valence-corrected chi connectivity index (χ1v) is 8.69. The summed E-state index contributed by atoms with van der Waals surface area (Å²) in [6.07, 6.45) is 0. The van der Waals surface area contributed by atoms with Gasteiger partial charge in [-0.05, 0) is 23.6 Å². The third kappa shape index (κ3) is 4.09. The number of hydrogen-bond acceptors (Lipinski definition) is 7. The number of nitriles is 1. The summed E-state index contributed by atoms with van der Waals surface area (Å²) in [5, 5.41) is 19.0. The van der Waals surface area contributed by atoms with E-state index < -0.39 is 22.4 Å². The molecule has 10 nitrogen and oxygen atoms in total. The molecule has 0 aliphatic heterocycles. The van der Waals surface area contributed by atoms with E-state index in [0.29, 0.717) is 5.56 Å². The predicted molar refractivity (Wildman–Crippen MR) is 104 cm³/mol. The van der Waals surface area contributed by atoms with Crippen molar-refractivity contribution < 1.29 is 4.74 Å². The van der Waals surface area contributed by atoms with Crippen LogP contribution in [-0.4, -0.2) is 25.0 Å². The van der Waals surface area contributed by atoms with Gasteiger partial charge in [0.1, 0.15) is 11.8 Å². The van der Waals surface area contributed by atoms with Crippen molar-refractivity contribution in [3.05, 3.63) is 71.7 Å². The van der Waals surface area contributed by atoms with Crippen LogP contribution in [0.4, 0.5) is 0 Å². The van der Waals surface area contributed by atoms with Crippen LogP contribution in [0.2, 0.25) is 5.02 Å². The van der Waals surface area contributed by atoms with Gasteiger partial charge < -0.3 is 4.74 Å². The number of nitrogens with one attached hydrogen (secondary N) is 2. The number of H-pyrrole nitrogens is 2. The lowest BCUT2D eigenvalue weighted by atomic mass is 9.88. The lowest BCUT2D eigenvalue weighted by Gasteiger charge is -2.18. The smallest absolute Gasteiger partial charge is 0.349 e. The monoisotopic (exact) mass is 414 g/mol. The minimum Gasteiger partial charge on any atom is -0.436 e. The molecule has 0 fully saturated rings. The first-order chi connectivity index (χ1) is 13.6. The zero-order valence-electron chi connectivity index (χ0n) is 15.6. The van der Waals surface area contributed by atoms with E-state index in [1.807, 2.05) is 25.8 Å². The molecule has 0 saturated carbocycles. The van der Waals surface area contributed by atoms with Gasteiger partial charge in [0.15, 0.2) is 0 Å². The maximum atomic E-state index is 12.0. The van der Waals surface area contributed by atoms with E-state index in [-0.39, 0.29) is 27.9 Å². The average Bonchev–Trinajstić information content (AvgIpc) is 2.64. The fourth-order valence-electron chi connectivity index (χ4n) is 2.46. The Bertz CT molecular complexity index is 1310. The number of benzene rings is 1. The molecule has 2 aromatic heterocycles. The molecule has 1 aromatic carbocycles. The van der Waals surface area contributed by atoms with E-state index in [1.165, 1.54) is 24.3 Å². The number of nitrogens with zero attached hydrogens (tertiary/aromatic N) is 4. The van der Waals surface area contributed by atoms with Crippen LogP contribution >= 0.6 is 11.6 Å². The number of aromatic nitrogens is 5. The second-order valence-electron chi connectivity index (χ2n) is 7.05. The van der Waals surface area contributed by atoms with Crippen LogP contribution in [0.3, 0.4) is 0 Å². The Morgan fingerprint density at radius 1 is 1.17 bits per heavy atom. The lowest BCUT2D eigenvalue weighted by Crippen LogP contribution is -2.33. The van der Waals surface area contributed by atoms with Crippen LogP contribution < -0.4 is 21.5 Å². The molecule has 0 radical (unpaired) electrons. The minimum atomic E-state index is -0.876. The van der Waals surface area contributed by atoms with Crippen LogP contribution in [0, 0.1) is 11.3 Å². The largest absolute Gasteiger partial charge is 0.436 e. The van der Waals surface area contributed by atoms with Crippen molar-refractivity contribution in [3.8, 4) is 23.4 Å². The third-order valence-corrected chi connectivity index (χ3v) is 4.19. The van der Waals surface area contributed by atoms with Gasteiger partial charge in [-0.25, -0.2) is 9.89 Å². The van der Waals surface area contributed by atoms with Crippen molar-refractivity contribution in [2.45, 2.75) is 26.2 Å². The van der Waals surface area contributed by atoms with Crippen LogP contribution in [0.1, 0.15) is 32.0 Å². The number of hydrogen-bond donors (Lipinski definition) is 2. The summed E-state index contributed by atoms with van der Waals surface area (Å²) in [4.78, 5) is 37.4. The van der Waals surface area contributed by atoms with Gasteiger partial charge in [0.05, 0.1) is 10.7 Å². The molecule has 148 valence electrons. The molecule has 2 N–H and O–H groups in total. The first-order valence-electron chi connectivity index (χ1n) is 8.32. The second-order valence-corrected chi connectivity index (χ2v) is 7.45. The van der Waals surface area contributed by atoms with Gasteiger partial charge in [-0.1, -0.05) is 32.4 Å². The quantitative estimate of drug-likeness (QED) is 0.661. The van der Waals surface area contributed by atoms with E-state index in [0.717, 1.165) is 4.68 Å². The van der Waals surface area contributed by atoms with Crippen molar-refractivity contribution in [2.75, 3.05) is 0 Å². The fourth-order valence-corrected chi connectivity index (χ4v) is 2.68. The highest BCUT2D eigenvalue weighted by molar-refractivity contribution is 6.32. The lowest BCUT2D eigenvalue weighted by molar-refractivity contribution is 0.448. The highest BCUT2D eigenvalue weighted by Crippen LogP contribution is 2.30. The van der Waals surface area contributed by atoms with Gasteiger partial charge in [-0.3, -0.25) is 14.6 Å². The van der Waals surface area contributed by atoms with Gasteiger partial charge in [0.25, 0.3) is 11.1 Å². The summed E-state index contributed by atoms with van der Waals surface area (Å²) in [7, 11) is 0. The van der Waals surface area contributed by atoms with E-state index >= 15 is 0 Å². The fraction of sp³-hybridized carbons (Fsp3) is 0.222. The molecule has 3 aromatic rings. The first kappa shape index (κ1) is 20.0. The second kappa shape index (κ2) is 7.37. The molecule has 0 aliphatic carbocycles. The number of rotatable bonds is 3. The Hall–Kier alpha value is -3.71. The zero-order valence-corrected chi connectivity index (χ0v) is 16.4. The van der Waals surface area contributed by atoms with Crippen molar-refractivity contribution in [2.24, 2.45) is 0 Å². The Morgan fingerprint density at radius 2 is 1.90 bits per heavy atom.